The van der Waals surface area contributed by atoms with E-state index >= 15 is 0 Å². The van der Waals surface area contributed by atoms with Crippen LogP contribution in [0.25, 0.3) is 0 Å². The number of benzene rings is 3. The van der Waals surface area contributed by atoms with Crippen LogP contribution in [0.2, 0.25) is 0 Å². The first-order chi connectivity index (χ1) is 11.9. The number of rotatable bonds is 0. The van der Waals surface area contributed by atoms with Gasteiger partial charge in [0.15, 0.2) is 0 Å². The molecule has 1 fully saturated rings. The average molecular weight is 306 g/mol. The van der Waals surface area contributed by atoms with Crippen LogP contribution >= 0.6 is 0 Å². The Kier molecular flexibility index (Phi) is 1.70. The van der Waals surface area contributed by atoms with Gasteiger partial charge in [0, 0.05) is 16.2 Å². The highest BCUT2D eigenvalue weighted by Gasteiger charge is 2.93. The predicted octanol–water partition coefficient (Wildman–Crippen LogP) is 4.48. The minimum atomic E-state index is 0.374. The van der Waals surface area contributed by atoms with Gasteiger partial charge in [-0.05, 0) is 52.6 Å². The molecule has 0 heteroatoms. The van der Waals surface area contributed by atoms with Crippen molar-refractivity contribution in [1.82, 2.24) is 0 Å². The van der Waals surface area contributed by atoms with Crippen LogP contribution in [-0.2, 0) is 35.5 Å². The Hall–Kier alpha value is -2.34. The SMILES string of the molecule is c1ccc2c(c1)CC21C2(Cc3ccccc32)C12Cc1ccccc12. The molecule has 0 N–H and O–H groups in total. The lowest BCUT2D eigenvalue weighted by atomic mass is 9.61. The molecule has 4 aliphatic rings. The van der Waals surface area contributed by atoms with Gasteiger partial charge in [-0.15, -0.1) is 0 Å². The van der Waals surface area contributed by atoms with Gasteiger partial charge in [-0.3, -0.25) is 0 Å². The second kappa shape index (κ2) is 3.37. The van der Waals surface area contributed by atoms with Crippen molar-refractivity contribution in [3.8, 4) is 0 Å². The molecule has 0 radical (unpaired) electrons. The lowest BCUT2D eigenvalue weighted by molar-refractivity contribution is 0.442. The van der Waals surface area contributed by atoms with Crippen molar-refractivity contribution in [2.45, 2.75) is 35.5 Å². The second-order valence-electron chi connectivity index (χ2n) is 8.22. The first-order valence-electron chi connectivity index (χ1n) is 9.10. The van der Waals surface area contributed by atoms with E-state index in [0.29, 0.717) is 16.2 Å². The molecule has 0 heterocycles. The van der Waals surface area contributed by atoms with E-state index in [-0.39, 0.29) is 0 Å². The van der Waals surface area contributed by atoms with E-state index in [1.165, 1.54) is 19.3 Å². The Morgan fingerprint density at radius 1 is 0.417 bits per heavy atom. The number of fused-ring (bicyclic) bond motifs is 9. The van der Waals surface area contributed by atoms with Gasteiger partial charge in [0.05, 0.1) is 0 Å². The van der Waals surface area contributed by atoms with Crippen molar-refractivity contribution in [1.29, 1.82) is 0 Å². The Balaban J connectivity index is 1.54. The summed E-state index contributed by atoms with van der Waals surface area (Å²) >= 11 is 0. The van der Waals surface area contributed by atoms with Crippen LogP contribution in [-0.4, -0.2) is 0 Å². The van der Waals surface area contributed by atoms with Crippen LogP contribution < -0.4 is 0 Å². The minimum Gasteiger partial charge on any atom is -0.0620 e. The summed E-state index contributed by atoms with van der Waals surface area (Å²) in [6.07, 6.45) is 3.81. The molecule has 0 nitrogen and oxygen atoms in total. The normalized spacial score (nSPS) is 35.5. The van der Waals surface area contributed by atoms with Gasteiger partial charge in [-0.1, -0.05) is 72.8 Å². The summed E-state index contributed by atoms with van der Waals surface area (Å²) in [4.78, 5) is 0. The summed E-state index contributed by atoms with van der Waals surface area (Å²) < 4.78 is 0. The summed E-state index contributed by atoms with van der Waals surface area (Å²) in [6.45, 7) is 0. The quantitative estimate of drug-likeness (QED) is 0.574. The third kappa shape index (κ3) is 0.871. The maximum atomic E-state index is 2.41. The molecule has 0 unspecified atom stereocenters. The van der Waals surface area contributed by atoms with E-state index in [4.69, 9.17) is 0 Å². The third-order valence-corrected chi connectivity index (χ3v) is 7.92. The van der Waals surface area contributed by atoms with Crippen molar-refractivity contribution in [2.75, 3.05) is 0 Å². The largest absolute Gasteiger partial charge is 0.0620 e. The summed E-state index contributed by atoms with van der Waals surface area (Å²) in [6, 6.07) is 27.6. The Bertz CT molecular complexity index is 912. The monoisotopic (exact) mass is 306 g/mol. The van der Waals surface area contributed by atoms with Crippen LogP contribution in [0.15, 0.2) is 72.8 Å². The van der Waals surface area contributed by atoms with E-state index in [1.54, 1.807) is 33.4 Å². The van der Waals surface area contributed by atoms with Gasteiger partial charge in [-0.25, -0.2) is 0 Å². The number of hydrogen-bond acceptors (Lipinski definition) is 0. The van der Waals surface area contributed by atoms with Crippen LogP contribution in [0.5, 0.6) is 0 Å². The summed E-state index contributed by atoms with van der Waals surface area (Å²) in [5, 5.41) is 0. The molecule has 4 aliphatic carbocycles. The van der Waals surface area contributed by atoms with Gasteiger partial charge in [0.25, 0.3) is 0 Å². The molecular formula is C24H18. The van der Waals surface area contributed by atoms with E-state index in [0.717, 1.165) is 0 Å². The smallest absolute Gasteiger partial charge is 0.0214 e. The average Bonchev–Trinajstić information content (AvgIpc) is 3.18. The van der Waals surface area contributed by atoms with Crippen LogP contribution in [0.4, 0.5) is 0 Å². The van der Waals surface area contributed by atoms with E-state index in [1.807, 2.05) is 0 Å². The Labute approximate surface area is 142 Å². The number of hydrogen-bond donors (Lipinski definition) is 0. The maximum absolute atomic E-state index is 2.41. The van der Waals surface area contributed by atoms with Gasteiger partial charge in [0.2, 0.25) is 0 Å². The highest BCUT2D eigenvalue weighted by Crippen LogP contribution is 2.90. The fourth-order valence-electron chi connectivity index (χ4n) is 7.15. The lowest BCUT2D eigenvalue weighted by Gasteiger charge is -2.41. The molecule has 0 bridgehead atoms. The van der Waals surface area contributed by atoms with Crippen LogP contribution in [0.3, 0.4) is 0 Å². The standard InChI is InChI=1S/C24H18/c1-4-10-19-16(7-1)13-22(19)23(14-17-8-2-5-11-20(17)23)24(22)15-18-9-3-6-12-21(18)24/h1-12H,13-15H2. The molecule has 24 heavy (non-hydrogen) atoms. The fourth-order valence-corrected chi connectivity index (χ4v) is 7.15. The molecule has 0 saturated heterocycles. The van der Waals surface area contributed by atoms with E-state index < -0.39 is 0 Å². The molecule has 114 valence electrons. The molecule has 1 saturated carbocycles. The van der Waals surface area contributed by atoms with Gasteiger partial charge >= 0.3 is 0 Å². The van der Waals surface area contributed by atoms with Crippen molar-refractivity contribution in [3.05, 3.63) is 106 Å². The summed E-state index contributed by atoms with van der Waals surface area (Å²) in [7, 11) is 0. The zero-order chi connectivity index (χ0) is 15.6. The molecule has 0 aliphatic heterocycles. The van der Waals surface area contributed by atoms with Crippen molar-refractivity contribution < 1.29 is 0 Å². The van der Waals surface area contributed by atoms with Crippen molar-refractivity contribution in [3.63, 3.8) is 0 Å². The molecule has 3 spiro atoms. The molecular weight excluding hydrogens is 288 g/mol. The zero-order valence-electron chi connectivity index (χ0n) is 13.5. The summed E-state index contributed by atoms with van der Waals surface area (Å²) in [5.41, 5.74) is 10.8. The topological polar surface area (TPSA) is 0 Å². The molecule has 3 aromatic rings. The van der Waals surface area contributed by atoms with E-state index in [9.17, 15) is 0 Å². The Morgan fingerprint density at radius 3 is 1.00 bits per heavy atom. The van der Waals surface area contributed by atoms with Crippen molar-refractivity contribution >= 4 is 0 Å². The Morgan fingerprint density at radius 2 is 0.708 bits per heavy atom. The molecule has 3 aromatic carbocycles. The fraction of sp³-hybridized carbons (Fsp3) is 0.250. The highest BCUT2D eigenvalue weighted by atomic mass is 14.9. The highest BCUT2D eigenvalue weighted by molar-refractivity contribution is 5.80. The minimum absolute atomic E-state index is 0.374. The summed E-state index contributed by atoms with van der Waals surface area (Å²) in [5.74, 6) is 0. The van der Waals surface area contributed by atoms with Gasteiger partial charge in [-0.2, -0.15) is 0 Å². The predicted molar refractivity (Wildman–Crippen MR) is 95.5 cm³/mol. The molecule has 0 aromatic heterocycles. The van der Waals surface area contributed by atoms with Gasteiger partial charge < -0.3 is 0 Å². The third-order valence-electron chi connectivity index (χ3n) is 7.92. The van der Waals surface area contributed by atoms with E-state index in [2.05, 4.69) is 72.8 Å². The first-order valence-corrected chi connectivity index (χ1v) is 9.10. The van der Waals surface area contributed by atoms with Crippen molar-refractivity contribution in [2.24, 2.45) is 0 Å². The lowest BCUT2D eigenvalue weighted by Crippen LogP contribution is -2.39. The van der Waals surface area contributed by atoms with Crippen LogP contribution in [0.1, 0.15) is 33.4 Å². The van der Waals surface area contributed by atoms with Crippen LogP contribution in [0, 0.1) is 0 Å². The molecule has 7 rings (SSSR count). The maximum Gasteiger partial charge on any atom is 0.0214 e. The molecule has 0 amide bonds. The second-order valence-corrected chi connectivity index (χ2v) is 8.22. The van der Waals surface area contributed by atoms with Gasteiger partial charge in [0.1, 0.15) is 0 Å². The zero-order valence-corrected chi connectivity index (χ0v) is 13.5. The first kappa shape index (κ1) is 12.1. The molecule has 0 atom stereocenters.